The van der Waals surface area contributed by atoms with Gasteiger partial charge in [0.1, 0.15) is 10.7 Å². The molecule has 2 amide bonds. The minimum atomic E-state index is -0.258. The molecule has 1 N–H and O–H groups in total. The first-order valence-corrected chi connectivity index (χ1v) is 10.1. The number of rotatable bonds is 7. The summed E-state index contributed by atoms with van der Waals surface area (Å²) >= 11 is 1.38. The number of amides is 2. The van der Waals surface area contributed by atoms with E-state index in [0.717, 1.165) is 11.1 Å². The summed E-state index contributed by atoms with van der Waals surface area (Å²) in [5, 5.41) is 5.30. The smallest absolute Gasteiger partial charge is 0.271 e. The van der Waals surface area contributed by atoms with E-state index in [1.54, 1.807) is 51.9 Å². The van der Waals surface area contributed by atoms with Crippen LogP contribution in [0.1, 0.15) is 26.4 Å². The topological polar surface area (TPSA) is 80.8 Å². The molecule has 0 fully saturated rings. The summed E-state index contributed by atoms with van der Waals surface area (Å²) in [6.45, 7) is 0.346. The van der Waals surface area contributed by atoms with Crippen molar-refractivity contribution in [1.82, 2.24) is 15.2 Å². The zero-order valence-electron chi connectivity index (χ0n) is 17.3. The lowest BCUT2D eigenvalue weighted by atomic mass is 10.1. The second-order valence-corrected chi connectivity index (χ2v) is 7.54. The van der Waals surface area contributed by atoms with Crippen molar-refractivity contribution in [3.05, 3.63) is 64.7 Å². The zero-order valence-corrected chi connectivity index (χ0v) is 18.1. The number of aromatic nitrogens is 1. The van der Waals surface area contributed by atoms with Gasteiger partial charge in [-0.1, -0.05) is 12.1 Å². The quantitative estimate of drug-likeness (QED) is 0.627. The van der Waals surface area contributed by atoms with Crippen molar-refractivity contribution < 1.29 is 19.1 Å². The molecule has 0 bridgehead atoms. The van der Waals surface area contributed by atoms with Gasteiger partial charge in [0, 0.05) is 37.1 Å². The molecule has 0 saturated heterocycles. The molecule has 0 unspecified atom stereocenters. The van der Waals surface area contributed by atoms with Crippen LogP contribution < -0.4 is 14.8 Å². The number of methoxy groups -OCH3 is 2. The van der Waals surface area contributed by atoms with E-state index in [9.17, 15) is 9.59 Å². The predicted molar refractivity (Wildman–Crippen MR) is 116 cm³/mol. The van der Waals surface area contributed by atoms with Gasteiger partial charge in [-0.05, 0) is 35.9 Å². The summed E-state index contributed by atoms with van der Waals surface area (Å²) in [6, 6.07) is 12.7. The Kier molecular flexibility index (Phi) is 6.68. The molecule has 0 atom stereocenters. The number of hydrogen-bond donors (Lipinski definition) is 1. The Labute approximate surface area is 179 Å². The first-order valence-electron chi connectivity index (χ1n) is 9.19. The zero-order chi connectivity index (χ0) is 21.7. The standard InChI is InChI=1S/C22H23N3O4S/c1-25(2)22(27)15-7-5-14(6-8-15)12-23-20(26)17-13-30-21(24-17)16-9-10-18(28-3)19(11-16)29-4/h5-11,13H,12H2,1-4H3,(H,23,26). The second-order valence-electron chi connectivity index (χ2n) is 6.69. The normalized spacial score (nSPS) is 10.4. The monoisotopic (exact) mass is 425 g/mol. The van der Waals surface area contributed by atoms with Gasteiger partial charge in [0.2, 0.25) is 0 Å². The Morgan fingerprint density at radius 1 is 1.03 bits per heavy atom. The van der Waals surface area contributed by atoms with E-state index in [1.807, 2.05) is 24.3 Å². The number of thiazole rings is 1. The van der Waals surface area contributed by atoms with Gasteiger partial charge in [-0.25, -0.2) is 4.98 Å². The molecule has 0 aliphatic rings. The lowest BCUT2D eigenvalue weighted by Gasteiger charge is -2.10. The van der Waals surface area contributed by atoms with Crippen LogP contribution in [-0.4, -0.2) is 50.0 Å². The molecule has 7 nitrogen and oxygen atoms in total. The Hall–Kier alpha value is -3.39. The third-order valence-electron chi connectivity index (χ3n) is 4.43. The average Bonchev–Trinajstić information content (AvgIpc) is 3.27. The summed E-state index contributed by atoms with van der Waals surface area (Å²) < 4.78 is 10.6. The van der Waals surface area contributed by atoms with Gasteiger partial charge in [0.25, 0.3) is 11.8 Å². The Morgan fingerprint density at radius 2 is 1.73 bits per heavy atom. The van der Waals surface area contributed by atoms with Gasteiger partial charge in [-0.2, -0.15) is 0 Å². The summed E-state index contributed by atoms with van der Waals surface area (Å²) in [7, 11) is 6.57. The van der Waals surface area contributed by atoms with E-state index in [-0.39, 0.29) is 11.8 Å². The fourth-order valence-electron chi connectivity index (χ4n) is 2.78. The van der Waals surface area contributed by atoms with Gasteiger partial charge in [-0.15, -0.1) is 11.3 Å². The van der Waals surface area contributed by atoms with Crippen molar-refractivity contribution in [2.24, 2.45) is 0 Å². The largest absolute Gasteiger partial charge is 0.493 e. The second kappa shape index (κ2) is 9.41. The van der Waals surface area contributed by atoms with E-state index in [2.05, 4.69) is 10.3 Å². The van der Waals surface area contributed by atoms with Crippen molar-refractivity contribution in [2.75, 3.05) is 28.3 Å². The van der Waals surface area contributed by atoms with Crippen LogP contribution in [0.15, 0.2) is 47.8 Å². The fourth-order valence-corrected chi connectivity index (χ4v) is 3.57. The molecule has 3 rings (SSSR count). The lowest BCUT2D eigenvalue weighted by Crippen LogP contribution is -2.23. The third-order valence-corrected chi connectivity index (χ3v) is 5.32. The van der Waals surface area contributed by atoms with E-state index >= 15 is 0 Å². The highest BCUT2D eigenvalue weighted by atomic mass is 32.1. The minimum Gasteiger partial charge on any atom is -0.493 e. The lowest BCUT2D eigenvalue weighted by molar-refractivity contribution is 0.0827. The number of carbonyl (C=O) groups is 2. The van der Waals surface area contributed by atoms with Gasteiger partial charge >= 0.3 is 0 Å². The van der Waals surface area contributed by atoms with Crippen LogP contribution >= 0.6 is 11.3 Å². The van der Waals surface area contributed by atoms with Gasteiger partial charge < -0.3 is 19.7 Å². The molecule has 0 aliphatic carbocycles. The summed E-state index contributed by atoms with van der Waals surface area (Å²) in [5.41, 5.74) is 2.70. The number of carbonyl (C=O) groups excluding carboxylic acids is 2. The van der Waals surface area contributed by atoms with Gasteiger partial charge in [0.15, 0.2) is 11.5 Å². The van der Waals surface area contributed by atoms with Crippen molar-refractivity contribution in [1.29, 1.82) is 0 Å². The average molecular weight is 426 g/mol. The first-order chi connectivity index (χ1) is 14.4. The van der Waals surface area contributed by atoms with Gasteiger partial charge in [-0.3, -0.25) is 9.59 Å². The molecule has 30 heavy (non-hydrogen) atoms. The first kappa shape index (κ1) is 21.3. The predicted octanol–water partition coefficient (Wildman–Crippen LogP) is 3.46. The Bertz CT molecular complexity index is 1040. The van der Waals surface area contributed by atoms with Crippen molar-refractivity contribution in [2.45, 2.75) is 6.54 Å². The highest BCUT2D eigenvalue weighted by Crippen LogP contribution is 2.33. The molecule has 0 radical (unpaired) electrons. The molecule has 0 aliphatic heterocycles. The fraction of sp³-hybridized carbons (Fsp3) is 0.227. The minimum absolute atomic E-state index is 0.0595. The molecular formula is C22H23N3O4S. The van der Waals surface area contributed by atoms with Crippen LogP contribution in [0.5, 0.6) is 11.5 Å². The molecule has 3 aromatic rings. The molecule has 1 aromatic heterocycles. The van der Waals surface area contributed by atoms with Crippen molar-refractivity contribution in [3.8, 4) is 22.1 Å². The number of nitrogens with one attached hydrogen (secondary N) is 1. The molecule has 156 valence electrons. The maximum atomic E-state index is 12.5. The van der Waals surface area contributed by atoms with E-state index in [4.69, 9.17) is 9.47 Å². The molecule has 0 spiro atoms. The molecule has 1 heterocycles. The van der Waals surface area contributed by atoms with Crippen LogP contribution in [0.4, 0.5) is 0 Å². The number of ether oxygens (including phenoxy) is 2. The number of hydrogen-bond acceptors (Lipinski definition) is 6. The molecule has 2 aromatic carbocycles. The Morgan fingerprint density at radius 3 is 2.37 bits per heavy atom. The van der Waals surface area contributed by atoms with E-state index in [0.29, 0.717) is 34.3 Å². The van der Waals surface area contributed by atoms with E-state index in [1.165, 1.54) is 16.2 Å². The SMILES string of the molecule is COc1ccc(-c2nc(C(=O)NCc3ccc(C(=O)N(C)C)cc3)cs2)cc1OC. The number of benzene rings is 2. The van der Waals surface area contributed by atoms with Crippen molar-refractivity contribution >= 4 is 23.2 Å². The van der Waals surface area contributed by atoms with Gasteiger partial charge in [0.05, 0.1) is 14.2 Å². The maximum absolute atomic E-state index is 12.5. The molecule has 8 heteroatoms. The van der Waals surface area contributed by atoms with Crippen LogP contribution in [0.2, 0.25) is 0 Å². The maximum Gasteiger partial charge on any atom is 0.271 e. The van der Waals surface area contributed by atoms with Crippen LogP contribution in [0.3, 0.4) is 0 Å². The van der Waals surface area contributed by atoms with Crippen molar-refractivity contribution in [3.63, 3.8) is 0 Å². The van der Waals surface area contributed by atoms with Crippen LogP contribution in [0, 0.1) is 0 Å². The Balaban J connectivity index is 1.65. The summed E-state index contributed by atoms with van der Waals surface area (Å²) in [6.07, 6.45) is 0. The van der Waals surface area contributed by atoms with Crippen LogP contribution in [0.25, 0.3) is 10.6 Å². The third kappa shape index (κ3) is 4.77. The highest BCUT2D eigenvalue weighted by molar-refractivity contribution is 7.13. The van der Waals surface area contributed by atoms with Crippen LogP contribution in [-0.2, 0) is 6.54 Å². The molecule has 0 saturated carbocycles. The summed E-state index contributed by atoms with van der Waals surface area (Å²) in [4.78, 5) is 30.4. The summed E-state index contributed by atoms with van der Waals surface area (Å²) in [5.74, 6) is 0.920. The number of nitrogens with zero attached hydrogens (tertiary/aromatic N) is 2. The highest BCUT2D eigenvalue weighted by Gasteiger charge is 2.14. The van der Waals surface area contributed by atoms with E-state index < -0.39 is 0 Å². The molecular weight excluding hydrogens is 402 g/mol.